The van der Waals surface area contributed by atoms with Gasteiger partial charge in [0.15, 0.2) is 0 Å². The van der Waals surface area contributed by atoms with E-state index in [2.05, 4.69) is 29.0 Å². The molecule has 0 aliphatic carbocycles. The molecule has 4 nitrogen and oxygen atoms in total. The third-order valence-corrected chi connectivity index (χ3v) is 4.99. The van der Waals surface area contributed by atoms with E-state index < -0.39 is 11.8 Å². The quantitative estimate of drug-likeness (QED) is 0.748. The highest BCUT2D eigenvalue weighted by molar-refractivity contribution is 7.84. The molecule has 0 aromatic heterocycles. The van der Waals surface area contributed by atoms with Gasteiger partial charge in [-0.3, -0.25) is 4.79 Å². The second-order valence-electron chi connectivity index (χ2n) is 5.93. The molecule has 1 heterocycles. The molecule has 6 heteroatoms. The van der Waals surface area contributed by atoms with E-state index in [1.54, 1.807) is 13.0 Å². The minimum atomic E-state index is -0.652. The minimum Gasteiger partial charge on any atom is -0.325 e. The van der Waals surface area contributed by atoms with Crippen LogP contribution in [-0.2, 0) is 4.79 Å². The zero-order chi connectivity index (χ0) is 18.7. The van der Waals surface area contributed by atoms with E-state index >= 15 is 0 Å². The summed E-state index contributed by atoms with van der Waals surface area (Å²) in [7, 11) is 0. The molecule has 3 rings (SSSR count). The Morgan fingerprint density at radius 2 is 1.85 bits per heavy atom. The normalized spacial score (nSPS) is 19.5. The lowest BCUT2D eigenvalue weighted by Crippen LogP contribution is -2.36. The summed E-state index contributed by atoms with van der Waals surface area (Å²) in [6.07, 6.45) is 0. The standard InChI is InChI=1S/C20H16ClN3OS/c1-12-17(19(25)24-13-7-3-2-4-8-13)18(15(11-22)20(26)23-12)14-9-5-6-10-16(14)21/h2-10,17-18,26H,1H3,(H,24,25)/t17?,18-/m1/s1. The molecule has 0 radical (unpaired) electrons. The molecule has 2 atom stereocenters. The molecule has 0 saturated heterocycles. The Hall–Kier alpha value is -2.55. The van der Waals surface area contributed by atoms with Crippen LogP contribution in [0.5, 0.6) is 0 Å². The summed E-state index contributed by atoms with van der Waals surface area (Å²) in [5.41, 5.74) is 2.31. The largest absolute Gasteiger partial charge is 0.325 e. The van der Waals surface area contributed by atoms with Crippen molar-refractivity contribution in [1.82, 2.24) is 0 Å². The number of carbonyl (C=O) groups excluding carboxylic acids is 1. The first kappa shape index (κ1) is 18.2. The summed E-state index contributed by atoms with van der Waals surface area (Å²) in [5, 5.41) is 13.4. The van der Waals surface area contributed by atoms with E-state index in [0.29, 0.717) is 32.6 Å². The van der Waals surface area contributed by atoms with Gasteiger partial charge in [-0.2, -0.15) is 5.26 Å². The lowest BCUT2D eigenvalue weighted by molar-refractivity contribution is -0.118. The number of anilines is 1. The van der Waals surface area contributed by atoms with Crippen LogP contribution in [0.3, 0.4) is 0 Å². The summed E-state index contributed by atoms with van der Waals surface area (Å²) >= 11 is 10.7. The Kier molecular flexibility index (Phi) is 5.46. The van der Waals surface area contributed by atoms with E-state index in [1.807, 2.05) is 48.5 Å². The number of hydrogen-bond donors (Lipinski definition) is 2. The maximum atomic E-state index is 13.0. The second kappa shape index (κ2) is 7.77. The molecule has 1 N–H and O–H groups in total. The van der Waals surface area contributed by atoms with E-state index in [1.165, 1.54) is 0 Å². The number of nitrogens with zero attached hydrogens (tertiary/aromatic N) is 2. The molecule has 130 valence electrons. The van der Waals surface area contributed by atoms with Gasteiger partial charge in [-0.1, -0.05) is 48.0 Å². The average molecular weight is 382 g/mol. The molecule has 0 bridgehead atoms. The topological polar surface area (TPSA) is 65.2 Å². The van der Waals surface area contributed by atoms with Gasteiger partial charge in [0, 0.05) is 22.3 Å². The Morgan fingerprint density at radius 1 is 1.19 bits per heavy atom. The van der Waals surface area contributed by atoms with E-state index in [0.717, 1.165) is 0 Å². The van der Waals surface area contributed by atoms with Gasteiger partial charge < -0.3 is 5.32 Å². The number of hydrogen-bond acceptors (Lipinski definition) is 4. The van der Waals surface area contributed by atoms with Crippen molar-refractivity contribution in [2.24, 2.45) is 10.9 Å². The van der Waals surface area contributed by atoms with Crippen molar-refractivity contribution in [1.29, 1.82) is 5.26 Å². The van der Waals surface area contributed by atoms with Crippen LogP contribution in [0.4, 0.5) is 5.69 Å². The van der Waals surface area contributed by atoms with Gasteiger partial charge in [-0.15, -0.1) is 12.6 Å². The molecule has 1 amide bonds. The van der Waals surface area contributed by atoms with Gasteiger partial charge in [0.1, 0.15) is 5.03 Å². The maximum Gasteiger partial charge on any atom is 0.234 e. The molecular formula is C20H16ClN3OS. The van der Waals surface area contributed by atoms with Crippen LogP contribution in [0, 0.1) is 17.2 Å². The van der Waals surface area contributed by atoms with E-state index in [-0.39, 0.29) is 5.91 Å². The van der Waals surface area contributed by atoms with Crippen molar-refractivity contribution < 1.29 is 4.79 Å². The first-order chi connectivity index (χ1) is 12.5. The number of aliphatic imine (C=N–C) groups is 1. The van der Waals surface area contributed by atoms with Gasteiger partial charge >= 0.3 is 0 Å². The Morgan fingerprint density at radius 3 is 2.50 bits per heavy atom. The van der Waals surface area contributed by atoms with Crippen LogP contribution in [0.2, 0.25) is 5.02 Å². The Balaban J connectivity index is 2.06. The SMILES string of the molecule is CC1=NC(S)=C(C#N)[C@@H](c2ccccc2Cl)C1C(=O)Nc1ccccc1. The van der Waals surface area contributed by atoms with Crippen LogP contribution in [0.15, 0.2) is 70.2 Å². The summed E-state index contributed by atoms with van der Waals surface area (Å²) in [4.78, 5) is 17.4. The Bertz CT molecular complexity index is 947. The van der Waals surface area contributed by atoms with Crippen LogP contribution >= 0.6 is 24.2 Å². The number of nitriles is 1. The third kappa shape index (κ3) is 3.52. The van der Waals surface area contributed by atoms with Gasteiger partial charge in [-0.05, 0) is 30.7 Å². The van der Waals surface area contributed by atoms with Crippen LogP contribution in [0.1, 0.15) is 18.4 Å². The molecule has 0 saturated carbocycles. The highest BCUT2D eigenvalue weighted by Gasteiger charge is 2.39. The number of rotatable bonds is 3. The molecule has 1 aliphatic rings. The number of carbonyl (C=O) groups is 1. The molecule has 1 aliphatic heterocycles. The van der Waals surface area contributed by atoms with Crippen molar-refractivity contribution in [3.63, 3.8) is 0 Å². The highest BCUT2D eigenvalue weighted by atomic mass is 35.5. The van der Waals surface area contributed by atoms with Crippen molar-refractivity contribution >= 4 is 41.5 Å². The van der Waals surface area contributed by atoms with Crippen molar-refractivity contribution in [3.8, 4) is 6.07 Å². The van der Waals surface area contributed by atoms with Crippen LogP contribution in [-0.4, -0.2) is 11.6 Å². The monoisotopic (exact) mass is 381 g/mol. The lowest BCUT2D eigenvalue weighted by Gasteiger charge is -2.30. The van der Waals surface area contributed by atoms with Crippen LogP contribution in [0.25, 0.3) is 0 Å². The zero-order valence-corrected chi connectivity index (χ0v) is 15.6. The summed E-state index contributed by atoms with van der Waals surface area (Å²) in [6, 6.07) is 18.6. The fourth-order valence-corrected chi connectivity index (χ4v) is 3.71. The highest BCUT2D eigenvalue weighted by Crippen LogP contribution is 2.42. The maximum absolute atomic E-state index is 13.0. The molecular weight excluding hydrogens is 366 g/mol. The van der Waals surface area contributed by atoms with Crippen molar-refractivity contribution in [3.05, 3.63) is 75.8 Å². The predicted octanol–water partition coefficient (Wildman–Crippen LogP) is 4.82. The molecule has 0 fully saturated rings. The summed E-state index contributed by atoms with van der Waals surface area (Å²) in [5.74, 6) is -1.43. The molecule has 0 spiro atoms. The van der Waals surface area contributed by atoms with Crippen molar-refractivity contribution in [2.75, 3.05) is 5.32 Å². The fourth-order valence-electron chi connectivity index (χ4n) is 3.11. The van der Waals surface area contributed by atoms with Gasteiger partial charge in [0.05, 0.1) is 17.6 Å². The summed E-state index contributed by atoms with van der Waals surface area (Å²) < 4.78 is 0. The average Bonchev–Trinajstić information content (AvgIpc) is 2.62. The van der Waals surface area contributed by atoms with E-state index in [4.69, 9.17) is 11.6 Å². The summed E-state index contributed by atoms with van der Waals surface area (Å²) in [6.45, 7) is 1.77. The fraction of sp³-hybridized carbons (Fsp3) is 0.150. The second-order valence-corrected chi connectivity index (χ2v) is 6.77. The minimum absolute atomic E-state index is 0.240. The first-order valence-corrected chi connectivity index (χ1v) is 8.84. The Labute approximate surface area is 162 Å². The number of nitrogens with one attached hydrogen (secondary N) is 1. The number of allylic oxidation sites excluding steroid dienone is 1. The number of amides is 1. The molecule has 2 aromatic rings. The smallest absolute Gasteiger partial charge is 0.234 e. The number of halogens is 1. The lowest BCUT2D eigenvalue weighted by atomic mass is 9.76. The molecule has 26 heavy (non-hydrogen) atoms. The van der Waals surface area contributed by atoms with Gasteiger partial charge in [0.25, 0.3) is 0 Å². The molecule has 2 aromatic carbocycles. The van der Waals surface area contributed by atoms with Crippen LogP contribution < -0.4 is 5.32 Å². The van der Waals surface area contributed by atoms with Gasteiger partial charge in [-0.25, -0.2) is 4.99 Å². The van der Waals surface area contributed by atoms with E-state index in [9.17, 15) is 10.1 Å². The zero-order valence-electron chi connectivity index (χ0n) is 14.0. The predicted molar refractivity (Wildman–Crippen MR) is 107 cm³/mol. The number of benzene rings is 2. The first-order valence-electron chi connectivity index (χ1n) is 8.01. The number of thiol groups is 1. The van der Waals surface area contributed by atoms with Gasteiger partial charge in [0.2, 0.25) is 5.91 Å². The van der Waals surface area contributed by atoms with Crippen molar-refractivity contribution in [2.45, 2.75) is 12.8 Å². The molecule has 1 unspecified atom stereocenters. The number of para-hydroxylation sites is 1. The third-order valence-electron chi connectivity index (χ3n) is 4.30.